The summed E-state index contributed by atoms with van der Waals surface area (Å²) in [7, 11) is 0. The molecule has 1 amide bonds. The summed E-state index contributed by atoms with van der Waals surface area (Å²) in [6, 6.07) is 20.1. The van der Waals surface area contributed by atoms with E-state index in [-0.39, 0.29) is 23.3 Å². The number of halogens is 2. The molecule has 0 atom stereocenters. The first-order valence-electron chi connectivity index (χ1n) is 10.2. The van der Waals surface area contributed by atoms with Gasteiger partial charge in [-0.05, 0) is 55.8 Å². The van der Waals surface area contributed by atoms with Gasteiger partial charge < -0.3 is 14.8 Å². The molecule has 0 aliphatic carbocycles. The van der Waals surface area contributed by atoms with Crippen molar-refractivity contribution in [2.45, 2.75) is 13.8 Å². The summed E-state index contributed by atoms with van der Waals surface area (Å²) in [6.07, 6.45) is 1.67. The second-order valence-electron chi connectivity index (χ2n) is 7.12. The lowest BCUT2D eigenvalue weighted by Crippen LogP contribution is -2.20. The summed E-state index contributed by atoms with van der Waals surface area (Å²) in [5.74, 6) is 0.300. The monoisotopic (exact) mass is 480 g/mol. The maximum absolute atomic E-state index is 12.3. The summed E-state index contributed by atoms with van der Waals surface area (Å²) in [6.45, 7) is 3.92. The van der Waals surface area contributed by atoms with Gasteiger partial charge in [0.1, 0.15) is 0 Å². The van der Waals surface area contributed by atoms with Crippen LogP contribution in [-0.4, -0.2) is 19.1 Å². The fourth-order valence-corrected chi connectivity index (χ4v) is 3.57. The molecule has 0 aliphatic rings. The highest BCUT2D eigenvalue weighted by Crippen LogP contribution is 2.38. The number of nitriles is 1. The average molecular weight is 481 g/mol. The number of hydrogen-bond acceptors (Lipinski definition) is 4. The minimum absolute atomic E-state index is 0.244. The van der Waals surface area contributed by atoms with Crippen molar-refractivity contribution < 1.29 is 14.3 Å². The van der Waals surface area contributed by atoms with E-state index in [1.165, 1.54) is 0 Å². The molecule has 0 fully saturated rings. The fourth-order valence-electron chi connectivity index (χ4n) is 3.06. The summed E-state index contributed by atoms with van der Waals surface area (Å²) >= 11 is 12.7. The van der Waals surface area contributed by atoms with Crippen molar-refractivity contribution >= 4 is 46.4 Å². The van der Waals surface area contributed by atoms with E-state index in [1.807, 2.05) is 44.2 Å². The van der Waals surface area contributed by atoms with E-state index in [9.17, 15) is 10.1 Å². The van der Waals surface area contributed by atoms with Gasteiger partial charge in [0.05, 0.1) is 23.3 Å². The number of nitrogens with zero attached hydrogens (tertiary/aromatic N) is 1. The molecule has 0 aliphatic heterocycles. The second-order valence-corrected chi connectivity index (χ2v) is 7.93. The number of amides is 1. The molecular weight excluding hydrogens is 459 g/mol. The highest BCUT2D eigenvalue weighted by Gasteiger charge is 2.15. The Morgan fingerprint density at radius 3 is 2.45 bits per heavy atom. The average Bonchev–Trinajstić information content (AvgIpc) is 2.79. The molecule has 0 aromatic heterocycles. The highest BCUT2D eigenvalue weighted by molar-refractivity contribution is 6.33. The number of benzene rings is 3. The Balaban J connectivity index is 1.82. The third kappa shape index (κ3) is 6.52. The zero-order chi connectivity index (χ0) is 23.8. The number of aryl methyl sites for hydroxylation is 1. The van der Waals surface area contributed by atoms with E-state index in [2.05, 4.69) is 11.4 Å². The summed E-state index contributed by atoms with van der Waals surface area (Å²) in [4.78, 5) is 12.3. The molecule has 0 heterocycles. The Hall–Kier alpha value is -3.46. The van der Waals surface area contributed by atoms with Gasteiger partial charge >= 0.3 is 0 Å². The molecule has 0 radical (unpaired) electrons. The van der Waals surface area contributed by atoms with Crippen LogP contribution in [0.15, 0.2) is 60.7 Å². The van der Waals surface area contributed by atoms with Crippen molar-refractivity contribution in [3.8, 4) is 17.6 Å². The normalized spacial score (nSPS) is 10.9. The van der Waals surface area contributed by atoms with Gasteiger partial charge in [0, 0.05) is 16.3 Å². The molecule has 3 aromatic carbocycles. The van der Waals surface area contributed by atoms with Gasteiger partial charge in [-0.25, -0.2) is 0 Å². The molecule has 5 nitrogen and oxygen atoms in total. The Morgan fingerprint density at radius 1 is 1.06 bits per heavy atom. The zero-order valence-corrected chi connectivity index (χ0v) is 19.7. The second kappa shape index (κ2) is 11.4. The minimum atomic E-state index is -0.327. The van der Waals surface area contributed by atoms with Crippen LogP contribution < -0.4 is 14.8 Å². The number of rotatable bonds is 8. The number of anilines is 1. The predicted molar refractivity (Wildman–Crippen MR) is 133 cm³/mol. The number of carbonyl (C=O) groups is 1. The van der Waals surface area contributed by atoms with Crippen LogP contribution in [0.5, 0.6) is 11.5 Å². The van der Waals surface area contributed by atoms with E-state index < -0.39 is 0 Å². The first kappa shape index (κ1) is 24.2. The smallest absolute Gasteiger partial charge is 0.262 e. The van der Waals surface area contributed by atoms with Crippen molar-refractivity contribution in [2.24, 2.45) is 0 Å². The van der Waals surface area contributed by atoms with E-state index in [0.29, 0.717) is 39.8 Å². The summed E-state index contributed by atoms with van der Waals surface area (Å²) in [5.41, 5.74) is 3.40. The fraction of sp³-hybridized carbons (Fsp3) is 0.154. The quantitative estimate of drug-likeness (QED) is 0.284. The van der Waals surface area contributed by atoms with Crippen LogP contribution in [0.2, 0.25) is 10.0 Å². The van der Waals surface area contributed by atoms with Gasteiger partial charge in [0.25, 0.3) is 5.91 Å². The van der Waals surface area contributed by atoms with Crippen LogP contribution in [0, 0.1) is 18.3 Å². The lowest BCUT2D eigenvalue weighted by molar-refractivity contribution is -0.118. The number of allylic oxidation sites excluding steroid dienone is 1. The largest absolute Gasteiger partial charge is 0.490 e. The Labute approximate surface area is 203 Å². The molecule has 168 valence electrons. The Kier molecular flexibility index (Phi) is 8.37. The van der Waals surface area contributed by atoms with Crippen LogP contribution in [0.3, 0.4) is 0 Å². The number of ether oxygens (including phenoxy) is 2. The molecular formula is C26H22Cl2N2O3. The van der Waals surface area contributed by atoms with E-state index in [1.54, 1.807) is 36.4 Å². The van der Waals surface area contributed by atoms with Crippen LogP contribution in [0.25, 0.3) is 11.6 Å². The van der Waals surface area contributed by atoms with Crippen molar-refractivity contribution in [1.29, 1.82) is 5.26 Å². The van der Waals surface area contributed by atoms with Gasteiger partial charge in [0.15, 0.2) is 18.1 Å². The predicted octanol–water partition coefficient (Wildman–Crippen LogP) is 6.78. The summed E-state index contributed by atoms with van der Waals surface area (Å²) < 4.78 is 11.4. The lowest BCUT2D eigenvalue weighted by Gasteiger charge is -2.15. The molecule has 33 heavy (non-hydrogen) atoms. The SMILES string of the molecule is CCOc1cc(C=C(C#N)c2ccccc2Cl)cc(Cl)c1OCC(=O)Nc1ccc(C)cc1. The van der Waals surface area contributed by atoms with E-state index in [0.717, 1.165) is 5.56 Å². The van der Waals surface area contributed by atoms with Crippen LogP contribution >= 0.6 is 23.2 Å². The van der Waals surface area contributed by atoms with Gasteiger partial charge in [-0.1, -0.05) is 59.1 Å². The maximum atomic E-state index is 12.3. The van der Waals surface area contributed by atoms with Crippen molar-refractivity contribution in [3.05, 3.63) is 87.4 Å². The minimum Gasteiger partial charge on any atom is -0.490 e. The van der Waals surface area contributed by atoms with E-state index >= 15 is 0 Å². The van der Waals surface area contributed by atoms with Gasteiger partial charge in [-0.15, -0.1) is 0 Å². The third-order valence-corrected chi connectivity index (χ3v) is 5.22. The van der Waals surface area contributed by atoms with Crippen molar-refractivity contribution in [2.75, 3.05) is 18.5 Å². The highest BCUT2D eigenvalue weighted by atomic mass is 35.5. The van der Waals surface area contributed by atoms with Crippen LogP contribution in [0.4, 0.5) is 5.69 Å². The molecule has 7 heteroatoms. The van der Waals surface area contributed by atoms with Gasteiger partial charge in [0.2, 0.25) is 0 Å². The Bertz CT molecular complexity index is 1220. The van der Waals surface area contributed by atoms with Crippen LogP contribution in [-0.2, 0) is 4.79 Å². The Morgan fingerprint density at radius 2 is 1.79 bits per heavy atom. The maximum Gasteiger partial charge on any atom is 0.262 e. The molecule has 0 bridgehead atoms. The topological polar surface area (TPSA) is 71.3 Å². The zero-order valence-electron chi connectivity index (χ0n) is 18.2. The van der Waals surface area contributed by atoms with Crippen molar-refractivity contribution in [1.82, 2.24) is 0 Å². The first-order chi connectivity index (χ1) is 15.9. The molecule has 1 N–H and O–H groups in total. The lowest BCUT2D eigenvalue weighted by atomic mass is 10.0. The number of nitrogens with one attached hydrogen (secondary N) is 1. The first-order valence-corrected chi connectivity index (χ1v) is 11.0. The molecule has 3 rings (SSSR count). The number of hydrogen-bond donors (Lipinski definition) is 1. The van der Waals surface area contributed by atoms with Crippen LogP contribution in [0.1, 0.15) is 23.6 Å². The standard InChI is InChI=1S/C26H22Cl2N2O3/c1-3-32-24-14-18(12-19(15-29)21-6-4-5-7-22(21)27)13-23(28)26(24)33-16-25(31)30-20-10-8-17(2)9-11-20/h4-14H,3,16H2,1-2H3,(H,30,31). The molecule has 0 saturated carbocycles. The molecule has 3 aromatic rings. The molecule has 0 saturated heterocycles. The van der Waals surface area contributed by atoms with Gasteiger partial charge in [-0.2, -0.15) is 5.26 Å². The number of carbonyl (C=O) groups excluding carboxylic acids is 1. The summed E-state index contributed by atoms with van der Waals surface area (Å²) in [5, 5.41) is 13.1. The molecule has 0 spiro atoms. The van der Waals surface area contributed by atoms with Crippen molar-refractivity contribution in [3.63, 3.8) is 0 Å². The van der Waals surface area contributed by atoms with E-state index in [4.69, 9.17) is 32.7 Å². The molecule has 0 unspecified atom stereocenters. The van der Waals surface area contributed by atoms with Gasteiger partial charge in [-0.3, -0.25) is 4.79 Å². The third-order valence-electron chi connectivity index (χ3n) is 4.61.